The summed E-state index contributed by atoms with van der Waals surface area (Å²) in [7, 11) is 0. The minimum absolute atomic E-state index is 0.548. The number of nitrogen functional groups attached to an aromatic ring is 1. The van der Waals surface area contributed by atoms with Crippen LogP contribution in [0, 0.1) is 6.92 Å². The van der Waals surface area contributed by atoms with Gasteiger partial charge in [-0.15, -0.1) is 0 Å². The first-order valence-electron chi connectivity index (χ1n) is 5.56. The Kier molecular flexibility index (Phi) is 4.47. The molecular weight excluding hydrogens is 282 g/mol. The predicted molar refractivity (Wildman–Crippen MR) is 81.1 cm³/mol. The van der Waals surface area contributed by atoms with Gasteiger partial charge < -0.3 is 10.7 Å². The third-order valence-electron chi connectivity index (χ3n) is 2.51. The van der Waals surface area contributed by atoms with E-state index in [0.29, 0.717) is 21.8 Å². The molecule has 4 N–H and O–H groups in total. The van der Waals surface area contributed by atoms with Crippen LogP contribution in [-0.4, -0.2) is 16.2 Å². The van der Waals surface area contributed by atoms with Crippen LogP contribution in [0.5, 0.6) is 0 Å². The molecular formula is C12H14ClN5S. The molecule has 0 spiro atoms. The number of thioether (sulfide) groups is 1. The smallest absolute Gasteiger partial charge is 0.191 e. The molecule has 1 aromatic carbocycles. The Morgan fingerprint density at radius 3 is 2.63 bits per heavy atom. The van der Waals surface area contributed by atoms with Crippen LogP contribution < -0.4 is 16.6 Å². The van der Waals surface area contributed by atoms with Gasteiger partial charge in [0.15, 0.2) is 5.16 Å². The van der Waals surface area contributed by atoms with E-state index in [1.54, 1.807) is 6.07 Å². The van der Waals surface area contributed by atoms with Crippen LogP contribution in [0.1, 0.15) is 5.56 Å². The molecule has 100 valence electrons. The van der Waals surface area contributed by atoms with Gasteiger partial charge in [-0.3, -0.25) is 0 Å². The summed E-state index contributed by atoms with van der Waals surface area (Å²) in [5, 5.41) is 4.47. The zero-order valence-corrected chi connectivity index (χ0v) is 12.1. The molecule has 0 saturated carbocycles. The number of hydrazine groups is 1. The number of nitrogens with zero attached hydrogens (tertiary/aromatic N) is 2. The Morgan fingerprint density at radius 1 is 1.26 bits per heavy atom. The monoisotopic (exact) mass is 295 g/mol. The summed E-state index contributed by atoms with van der Waals surface area (Å²) < 4.78 is 0. The minimum Gasteiger partial charge on any atom is -0.339 e. The van der Waals surface area contributed by atoms with Crippen LogP contribution in [0.2, 0.25) is 5.02 Å². The summed E-state index contributed by atoms with van der Waals surface area (Å²) in [6, 6.07) is 7.44. The van der Waals surface area contributed by atoms with Crippen molar-refractivity contribution in [1.29, 1.82) is 0 Å². The molecule has 7 heteroatoms. The maximum Gasteiger partial charge on any atom is 0.191 e. The van der Waals surface area contributed by atoms with Crippen molar-refractivity contribution in [3.8, 4) is 0 Å². The van der Waals surface area contributed by atoms with Crippen LogP contribution in [0.25, 0.3) is 0 Å². The summed E-state index contributed by atoms with van der Waals surface area (Å²) in [5.41, 5.74) is 4.39. The number of aromatic nitrogens is 2. The van der Waals surface area contributed by atoms with Crippen molar-refractivity contribution in [3.05, 3.63) is 34.9 Å². The van der Waals surface area contributed by atoms with E-state index in [9.17, 15) is 0 Å². The highest BCUT2D eigenvalue weighted by molar-refractivity contribution is 7.98. The molecule has 0 radical (unpaired) electrons. The number of halogens is 1. The molecule has 5 nitrogen and oxygen atoms in total. The van der Waals surface area contributed by atoms with Gasteiger partial charge in [-0.1, -0.05) is 35.5 Å². The van der Waals surface area contributed by atoms with E-state index in [-0.39, 0.29) is 0 Å². The number of rotatable bonds is 4. The molecule has 1 aromatic heterocycles. The first kappa shape index (κ1) is 13.9. The second kappa shape index (κ2) is 6.10. The quantitative estimate of drug-likeness (QED) is 0.348. The third kappa shape index (κ3) is 3.28. The first-order chi connectivity index (χ1) is 9.13. The highest BCUT2D eigenvalue weighted by atomic mass is 35.5. The average Bonchev–Trinajstić information content (AvgIpc) is 2.42. The zero-order chi connectivity index (χ0) is 13.8. The number of hydrogen-bond acceptors (Lipinski definition) is 6. The van der Waals surface area contributed by atoms with Crippen molar-refractivity contribution in [2.24, 2.45) is 5.84 Å². The fourth-order valence-electron chi connectivity index (χ4n) is 1.57. The molecule has 1 heterocycles. The lowest BCUT2D eigenvalue weighted by Gasteiger charge is -2.12. The third-order valence-corrected chi connectivity index (χ3v) is 3.37. The van der Waals surface area contributed by atoms with Crippen LogP contribution in [0.15, 0.2) is 29.4 Å². The van der Waals surface area contributed by atoms with Crippen LogP contribution >= 0.6 is 23.4 Å². The van der Waals surface area contributed by atoms with E-state index in [4.69, 9.17) is 17.4 Å². The van der Waals surface area contributed by atoms with Crippen molar-refractivity contribution in [2.45, 2.75) is 12.1 Å². The van der Waals surface area contributed by atoms with Crippen LogP contribution in [0.3, 0.4) is 0 Å². The lowest BCUT2D eigenvalue weighted by molar-refractivity contribution is 0.971. The van der Waals surface area contributed by atoms with E-state index in [0.717, 1.165) is 11.3 Å². The van der Waals surface area contributed by atoms with Crippen molar-refractivity contribution in [3.63, 3.8) is 0 Å². The average molecular weight is 296 g/mol. The highest BCUT2D eigenvalue weighted by Crippen LogP contribution is 2.29. The number of aryl methyl sites for hydroxylation is 1. The Hall–Kier alpha value is -1.50. The molecule has 2 aromatic rings. The molecule has 0 fully saturated rings. The standard InChI is InChI=1S/C12H14ClN5S/c1-7-4-3-5-8(13)11(7)15-9-6-10(18-14)17-12(16-9)19-2/h3-6H,14H2,1-2H3,(H2,15,16,17,18). The van der Waals surface area contributed by atoms with Crippen LogP contribution in [-0.2, 0) is 0 Å². The van der Waals surface area contributed by atoms with E-state index in [1.165, 1.54) is 11.8 Å². The molecule has 19 heavy (non-hydrogen) atoms. The maximum absolute atomic E-state index is 6.18. The van der Waals surface area contributed by atoms with Crippen molar-refractivity contribution in [1.82, 2.24) is 9.97 Å². The van der Waals surface area contributed by atoms with E-state index < -0.39 is 0 Å². The number of nitrogens with two attached hydrogens (primary N) is 1. The molecule has 0 aliphatic carbocycles. The van der Waals surface area contributed by atoms with Crippen LogP contribution in [0.4, 0.5) is 17.3 Å². The number of nitrogens with one attached hydrogen (secondary N) is 2. The SMILES string of the molecule is CSc1nc(NN)cc(Nc2c(C)cccc2Cl)n1. The van der Waals surface area contributed by atoms with Gasteiger partial charge in [0.1, 0.15) is 11.6 Å². The molecule has 0 saturated heterocycles. The summed E-state index contributed by atoms with van der Waals surface area (Å²) in [4.78, 5) is 8.56. The molecule has 0 unspecified atom stereocenters. The number of hydrogen-bond donors (Lipinski definition) is 3. The van der Waals surface area contributed by atoms with Gasteiger partial charge in [0.25, 0.3) is 0 Å². The van der Waals surface area contributed by atoms with Gasteiger partial charge in [-0.25, -0.2) is 15.8 Å². The summed E-state index contributed by atoms with van der Waals surface area (Å²) >= 11 is 7.62. The largest absolute Gasteiger partial charge is 0.339 e. The minimum atomic E-state index is 0.548. The summed E-state index contributed by atoms with van der Waals surface area (Å²) in [6.45, 7) is 1.98. The summed E-state index contributed by atoms with van der Waals surface area (Å²) in [5.74, 6) is 6.58. The Morgan fingerprint density at radius 2 is 2.00 bits per heavy atom. The van der Waals surface area contributed by atoms with Gasteiger partial charge in [-0.2, -0.15) is 0 Å². The molecule has 0 amide bonds. The van der Waals surface area contributed by atoms with Gasteiger partial charge >= 0.3 is 0 Å². The van der Waals surface area contributed by atoms with Crippen molar-refractivity contribution >= 4 is 40.7 Å². The second-order valence-corrected chi connectivity index (χ2v) is 5.01. The highest BCUT2D eigenvalue weighted by Gasteiger charge is 2.07. The van der Waals surface area contributed by atoms with Crippen molar-refractivity contribution < 1.29 is 0 Å². The molecule has 0 aliphatic heterocycles. The van der Waals surface area contributed by atoms with E-state index in [2.05, 4.69) is 20.7 Å². The fraction of sp³-hybridized carbons (Fsp3) is 0.167. The Bertz CT molecular complexity index is 548. The zero-order valence-electron chi connectivity index (χ0n) is 10.6. The first-order valence-corrected chi connectivity index (χ1v) is 7.16. The number of benzene rings is 1. The van der Waals surface area contributed by atoms with Gasteiger partial charge in [-0.05, 0) is 24.8 Å². The summed E-state index contributed by atoms with van der Waals surface area (Å²) in [6.07, 6.45) is 1.90. The Balaban J connectivity index is 2.37. The molecule has 2 rings (SSSR count). The Labute approximate surface area is 120 Å². The second-order valence-electron chi connectivity index (χ2n) is 3.83. The van der Waals surface area contributed by atoms with E-state index >= 15 is 0 Å². The molecule has 0 bridgehead atoms. The number of anilines is 3. The van der Waals surface area contributed by atoms with Crippen molar-refractivity contribution in [2.75, 3.05) is 17.0 Å². The molecule has 0 atom stereocenters. The van der Waals surface area contributed by atoms with Gasteiger partial charge in [0, 0.05) is 6.07 Å². The number of para-hydroxylation sites is 1. The fourth-order valence-corrected chi connectivity index (χ4v) is 2.22. The lowest BCUT2D eigenvalue weighted by Crippen LogP contribution is -2.10. The van der Waals surface area contributed by atoms with E-state index in [1.807, 2.05) is 31.4 Å². The lowest BCUT2D eigenvalue weighted by atomic mass is 10.2. The normalized spacial score (nSPS) is 10.3. The molecule has 0 aliphatic rings. The van der Waals surface area contributed by atoms with Gasteiger partial charge in [0.2, 0.25) is 0 Å². The maximum atomic E-state index is 6.18. The topological polar surface area (TPSA) is 75.9 Å². The predicted octanol–water partition coefficient (Wildman–Crippen LogP) is 3.19. The van der Waals surface area contributed by atoms with Gasteiger partial charge in [0.05, 0.1) is 10.7 Å².